The number of hydrogen-bond donors (Lipinski definition) is 2. The summed E-state index contributed by atoms with van der Waals surface area (Å²) in [6.45, 7) is 2.97. The van der Waals surface area contributed by atoms with E-state index < -0.39 is 10.0 Å². The van der Waals surface area contributed by atoms with Crippen LogP contribution in [0.5, 0.6) is 5.75 Å². The van der Waals surface area contributed by atoms with Gasteiger partial charge in [0.05, 0.1) is 12.8 Å². The standard InChI is InChI=1S/C14H17NO5S/c1-9-6-11(19-3)4-5-13(9)15-21(17,18)14-7-12(8-16)20-10(14)2/h4-7,15-16H,8H2,1-3H3. The molecular weight excluding hydrogens is 294 g/mol. The van der Waals surface area contributed by atoms with Crippen LogP contribution in [-0.2, 0) is 16.6 Å². The van der Waals surface area contributed by atoms with Crippen molar-refractivity contribution in [3.05, 3.63) is 41.3 Å². The topological polar surface area (TPSA) is 88.8 Å². The fourth-order valence-electron chi connectivity index (χ4n) is 1.95. The number of furan rings is 1. The summed E-state index contributed by atoms with van der Waals surface area (Å²) in [4.78, 5) is 0.0155. The minimum atomic E-state index is -3.77. The Morgan fingerprint density at radius 2 is 2.00 bits per heavy atom. The molecule has 0 bridgehead atoms. The monoisotopic (exact) mass is 311 g/mol. The molecule has 0 aliphatic heterocycles. The van der Waals surface area contributed by atoms with Crippen LogP contribution in [0, 0.1) is 13.8 Å². The van der Waals surface area contributed by atoms with Crippen molar-refractivity contribution in [2.75, 3.05) is 11.8 Å². The van der Waals surface area contributed by atoms with E-state index in [-0.39, 0.29) is 23.0 Å². The fraction of sp³-hybridized carbons (Fsp3) is 0.286. The molecule has 0 aliphatic rings. The van der Waals surface area contributed by atoms with Gasteiger partial charge in [-0.2, -0.15) is 0 Å². The van der Waals surface area contributed by atoms with Gasteiger partial charge in [0.2, 0.25) is 0 Å². The number of methoxy groups -OCH3 is 1. The third kappa shape index (κ3) is 3.20. The highest BCUT2D eigenvalue weighted by Gasteiger charge is 2.22. The number of anilines is 1. The van der Waals surface area contributed by atoms with Gasteiger partial charge in [-0.15, -0.1) is 0 Å². The first-order chi connectivity index (χ1) is 9.87. The lowest BCUT2D eigenvalue weighted by Crippen LogP contribution is -2.14. The molecule has 0 saturated heterocycles. The minimum absolute atomic E-state index is 0.0155. The van der Waals surface area contributed by atoms with Crippen LogP contribution in [-0.4, -0.2) is 20.6 Å². The molecule has 0 atom stereocenters. The smallest absolute Gasteiger partial charge is 0.265 e. The van der Waals surface area contributed by atoms with Crippen LogP contribution < -0.4 is 9.46 Å². The van der Waals surface area contributed by atoms with Crippen LogP contribution in [0.3, 0.4) is 0 Å². The highest BCUT2D eigenvalue weighted by atomic mass is 32.2. The highest BCUT2D eigenvalue weighted by Crippen LogP contribution is 2.26. The predicted octanol–water partition coefficient (Wildman–Crippen LogP) is 2.20. The first-order valence-electron chi connectivity index (χ1n) is 6.25. The van der Waals surface area contributed by atoms with Crippen molar-refractivity contribution < 1.29 is 22.7 Å². The molecule has 6 nitrogen and oxygen atoms in total. The van der Waals surface area contributed by atoms with Gasteiger partial charge in [-0.25, -0.2) is 8.42 Å². The fourth-order valence-corrected chi connectivity index (χ4v) is 3.28. The van der Waals surface area contributed by atoms with Crippen molar-refractivity contribution in [1.82, 2.24) is 0 Å². The number of aliphatic hydroxyl groups excluding tert-OH is 1. The highest BCUT2D eigenvalue weighted by molar-refractivity contribution is 7.92. The van der Waals surface area contributed by atoms with Crippen molar-refractivity contribution in [3.8, 4) is 5.75 Å². The van der Waals surface area contributed by atoms with E-state index >= 15 is 0 Å². The van der Waals surface area contributed by atoms with Gasteiger partial charge in [0.15, 0.2) is 0 Å². The van der Waals surface area contributed by atoms with Crippen molar-refractivity contribution >= 4 is 15.7 Å². The predicted molar refractivity (Wildman–Crippen MR) is 77.9 cm³/mol. The summed E-state index contributed by atoms with van der Waals surface area (Å²) < 4.78 is 37.5. The van der Waals surface area contributed by atoms with E-state index in [0.29, 0.717) is 11.4 Å². The lowest BCUT2D eigenvalue weighted by atomic mass is 10.2. The molecule has 1 heterocycles. The molecule has 7 heteroatoms. The lowest BCUT2D eigenvalue weighted by molar-refractivity contribution is 0.245. The van der Waals surface area contributed by atoms with Gasteiger partial charge in [0.1, 0.15) is 28.8 Å². The number of benzene rings is 1. The maximum atomic E-state index is 12.4. The molecule has 1 aromatic carbocycles. The molecule has 1 aromatic heterocycles. The van der Waals surface area contributed by atoms with Crippen LogP contribution >= 0.6 is 0 Å². The Morgan fingerprint density at radius 3 is 2.52 bits per heavy atom. The van der Waals surface area contributed by atoms with E-state index in [1.807, 2.05) is 0 Å². The summed E-state index contributed by atoms with van der Waals surface area (Å²) >= 11 is 0. The molecule has 2 N–H and O–H groups in total. The maximum Gasteiger partial charge on any atom is 0.265 e. The first-order valence-corrected chi connectivity index (χ1v) is 7.73. The number of aryl methyl sites for hydroxylation is 2. The Kier molecular flexibility index (Phi) is 4.24. The Balaban J connectivity index is 2.35. The van der Waals surface area contributed by atoms with Gasteiger partial charge in [0.25, 0.3) is 10.0 Å². The number of rotatable bonds is 5. The second-order valence-corrected chi connectivity index (χ2v) is 6.23. The molecule has 0 aliphatic carbocycles. The Labute approximate surface area is 123 Å². The molecule has 0 spiro atoms. The molecule has 21 heavy (non-hydrogen) atoms. The van der Waals surface area contributed by atoms with Crippen LogP contribution in [0.1, 0.15) is 17.1 Å². The summed E-state index contributed by atoms with van der Waals surface area (Å²) in [6, 6.07) is 6.36. The number of aliphatic hydroxyl groups is 1. The molecule has 0 saturated carbocycles. The summed E-state index contributed by atoms with van der Waals surface area (Å²) in [6.07, 6.45) is 0. The van der Waals surface area contributed by atoms with Crippen molar-refractivity contribution in [2.24, 2.45) is 0 Å². The summed E-state index contributed by atoms with van der Waals surface area (Å²) in [5, 5.41) is 9.01. The lowest BCUT2D eigenvalue weighted by Gasteiger charge is -2.11. The maximum absolute atomic E-state index is 12.4. The summed E-state index contributed by atoms with van der Waals surface area (Å²) in [5.41, 5.74) is 1.20. The van der Waals surface area contributed by atoms with Crippen molar-refractivity contribution in [3.63, 3.8) is 0 Å². The average molecular weight is 311 g/mol. The van der Waals surface area contributed by atoms with Crippen molar-refractivity contribution in [2.45, 2.75) is 25.3 Å². The molecule has 0 unspecified atom stereocenters. The van der Waals surface area contributed by atoms with E-state index in [0.717, 1.165) is 5.56 Å². The zero-order valence-electron chi connectivity index (χ0n) is 12.0. The second-order valence-electron chi connectivity index (χ2n) is 4.58. The summed E-state index contributed by atoms with van der Waals surface area (Å²) in [5.74, 6) is 1.09. The zero-order valence-corrected chi connectivity index (χ0v) is 12.8. The zero-order chi connectivity index (χ0) is 15.6. The van der Waals surface area contributed by atoms with Crippen LogP contribution in [0.2, 0.25) is 0 Å². The first kappa shape index (κ1) is 15.4. The molecule has 0 fully saturated rings. The number of sulfonamides is 1. The van der Waals surface area contributed by atoms with Crippen LogP contribution in [0.15, 0.2) is 33.6 Å². The molecule has 2 aromatic rings. The largest absolute Gasteiger partial charge is 0.497 e. The molecule has 114 valence electrons. The van der Waals surface area contributed by atoms with Gasteiger partial charge in [-0.3, -0.25) is 4.72 Å². The van der Waals surface area contributed by atoms with Crippen LogP contribution in [0.4, 0.5) is 5.69 Å². The second kappa shape index (κ2) is 5.79. The summed E-state index contributed by atoms with van der Waals surface area (Å²) in [7, 11) is -2.23. The van der Waals surface area contributed by atoms with Gasteiger partial charge < -0.3 is 14.3 Å². The Bertz CT molecular complexity index is 749. The third-order valence-electron chi connectivity index (χ3n) is 3.05. The van der Waals surface area contributed by atoms with Gasteiger partial charge >= 0.3 is 0 Å². The van der Waals surface area contributed by atoms with E-state index in [1.165, 1.54) is 13.0 Å². The molecular formula is C14H17NO5S. The van der Waals surface area contributed by atoms with E-state index in [9.17, 15) is 8.42 Å². The van der Waals surface area contributed by atoms with Gasteiger partial charge in [-0.1, -0.05) is 0 Å². The quantitative estimate of drug-likeness (QED) is 0.883. The van der Waals surface area contributed by atoms with Crippen LogP contribution in [0.25, 0.3) is 0 Å². The van der Waals surface area contributed by atoms with Gasteiger partial charge in [0, 0.05) is 6.07 Å². The number of nitrogens with one attached hydrogen (secondary N) is 1. The Morgan fingerprint density at radius 1 is 1.29 bits per heavy atom. The van der Waals surface area contributed by atoms with E-state index in [2.05, 4.69) is 4.72 Å². The number of ether oxygens (including phenoxy) is 1. The molecule has 0 radical (unpaired) electrons. The SMILES string of the molecule is COc1ccc(NS(=O)(=O)c2cc(CO)oc2C)c(C)c1. The van der Waals surface area contributed by atoms with E-state index in [1.54, 1.807) is 32.2 Å². The van der Waals surface area contributed by atoms with E-state index in [4.69, 9.17) is 14.3 Å². The Hall–Kier alpha value is -1.99. The molecule has 0 amide bonds. The minimum Gasteiger partial charge on any atom is -0.497 e. The third-order valence-corrected chi connectivity index (χ3v) is 4.52. The normalized spacial score (nSPS) is 11.4. The average Bonchev–Trinajstić information content (AvgIpc) is 2.83. The van der Waals surface area contributed by atoms with Gasteiger partial charge in [-0.05, 0) is 37.6 Å². The number of hydrogen-bond acceptors (Lipinski definition) is 5. The van der Waals surface area contributed by atoms with Crippen molar-refractivity contribution in [1.29, 1.82) is 0 Å². The molecule has 2 rings (SSSR count).